The molecule has 4 aromatic rings. The van der Waals surface area contributed by atoms with Crippen LogP contribution in [0.15, 0.2) is 60.0 Å². The number of pyridine rings is 2. The van der Waals surface area contributed by atoms with Crippen molar-refractivity contribution in [1.29, 1.82) is 0 Å². The third-order valence-electron chi connectivity index (χ3n) is 4.88. The summed E-state index contributed by atoms with van der Waals surface area (Å²) in [4.78, 5) is 34.3. The van der Waals surface area contributed by atoms with Gasteiger partial charge in [-0.1, -0.05) is 6.07 Å². The Kier molecular flexibility index (Phi) is 5.99. The number of H-pyrrole nitrogens is 1. The lowest BCUT2D eigenvalue weighted by molar-refractivity contribution is 0.102. The minimum atomic E-state index is -3.44. The Morgan fingerprint density at radius 3 is 2.41 bits per heavy atom. The molecule has 11 nitrogen and oxygen atoms in total. The molecule has 0 aliphatic carbocycles. The second-order valence-electron chi connectivity index (χ2n) is 7.73. The van der Waals surface area contributed by atoms with Gasteiger partial charge < -0.3 is 15.5 Å². The lowest BCUT2D eigenvalue weighted by Crippen LogP contribution is -2.27. The third kappa shape index (κ3) is 4.86. The summed E-state index contributed by atoms with van der Waals surface area (Å²) in [5.74, 6) is -0.484. The number of carbonyl (C=O) groups excluding carboxylic acids is 2. The summed E-state index contributed by atoms with van der Waals surface area (Å²) in [6.45, 7) is 0. The van der Waals surface area contributed by atoms with Gasteiger partial charge in [0.2, 0.25) is 0 Å². The van der Waals surface area contributed by atoms with E-state index in [1.807, 2.05) is 6.07 Å². The number of amides is 3. The molecule has 0 saturated heterocycles. The van der Waals surface area contributed by atoms with E-state index in [1.54, 1.807) is 44.7 Å². The molecule has 0 bridgehead atoms. The number of rotatable bonds is 5. The van der Waals surface area contributed by atoms with Gasteiger partial charge >= 0.3 is 6.03 Å². The predicted octanol–water partition coefficient (Wildman–Crippen LogP) is 2.77. The topological polar surface area (TPSA) is 150 Å². The van der Waals surface area contributed by atoms with Gasteiger partial charge in [-0.2, -0.15) is 5.10 Å². The van der Waals surface area contributed by atoms with Crippen molar-refractivity contribution in [3.8, 4) is 11.1 Å². The highest BCUT2D eigenvalue weighted by molar-refractivity contribution is 7.90. The van der Waals surface area contributed by atoms with Crippen LogP contribution in [0.1, 0.15) is 10.5 Å². The van der Waals surface area contributed by atoms with Gasteiger partial charge in [0.15, 0.2) is 20.6 Å². The summed E-state index contributed by atoms with van der Waals surface area (Å²) in [6, 6.07) is 9.73. The number of aromatic amines is 1. The Hall–Kier alpha value is -4.32. The van der Waals surface area contributed by atoms with Crippen LogP contribution in [0.3, 0.4) is 0 Å². The minimum absolute atomic E-state index is 0.0852. The van der Waals surface area contributed by atoms with E-state index < -0.39 is 15.7 Å². The number of sulfone groups is 1. The average molecular weight is 480 g/mol. The highest BCUT2D eigenvalue weighted by Gasteiger charge is 2.16. The molecule has 0 atom stereocenters. The van der Waals surface area contributed by atoms with Crippen molar-refractivity contribution in [3.63, 3.8) is 0 Å². The minimum Gasteiger partial charge on any atom is -0.331 e. The van der Waals surface area contributed by atoms with Gasteiger partial charge in [-0.25, -0.2) is 18.2 Å². The molecule has 12 heteroatoms. The molecule has 3 N–H and O–H groups in total. The van der Waals surface area contributed by atoms with Gasteiger partial charge in [0.1, 0.15) is 0 Å². The van der Waals surface area contributed by atoms with E-state index >= 15 is 0 Å². The van der Waals surface area contributed by atoms with E-state index in [0.29, 0.717) is 22.3 Å². The number of urea groups is 1. The summed E-state index contributed by atoms with van der Waals surface area (Å²) >= 11 is 0. The van der Waals surface area contributed by atoms with Crippen molar-refractivity contribution in [2.45, 2.75) is 5.03 Å². The fourth-order valence-corrected chi connectivity index (χ4v) is 3.69. The molecule has 0 unspecified atom stereocenters. The largest absolute Gasteiger partial charge is 0.331 e. The number of hydrogen-bond donors (Lipinski definition) is 3. The Morgan fingerprint density at radius 2 is 1.74 bits per heavy atom. The predicted molar refractivity (Wildman–Crippen MR) is 127 cm³/mol. The second-order valence-corrected chi connectivity index (χ2v) is 9.69. The SMILES string of the molecule is CN(C)C(=O)Nc1cncc(-c2ccc3[nH]nc(C(=O)Nc4ccc(S(C)(=O)=O)nc4)c3c2)c1. The Labute approximate surface area is 195 Å². The quantitative estimate of drug-likeness (QED) is 0.398. The van der Waals surface area contributed by atoms with Crippen molar-refractivity contribution in [2.24, 2.45) is 0 Å². The van der Waals surface area contributed by atoms with Crippen LogP contribution in [0.4, 0.5) is 16.2 Å². The Morgan fingerprint density at radius 1 is 0.941 bits per heavy atom. The molecule has 0 spiro atoms. The molecular formula is C22H21N7O4S. The van der Waals surface area contributed by atoms with Crippen LogP contribution in [0.2, 0.25) is 0 Å². The first-order valence-corrected chi connectivity index (χ1v) is 11.9. The summed E-state index contributed by atoms with van der Waals surface area (Å²) in [5, 5.41) is 12.9. The molecule has 3 heterocycles. The van der Waals surface area contributed by atoms with Crippen LogP contribution in [0, 0.1) is 0 Å². The van der Waals surface area contributed by atoms with Crippen molar-refractivity contribution in [3.05, 3.63) is 60.7 Å². The van der Waals surface area contributed by atoms with Crippen LogP contribution in [0.5, 0.6) is 0 Å². The van der Waals surface area contributed by atoms with E-state index in [1.165, 1.54) is 23.2 Å². The van der Waals surface area contributed by atoms with Crippen LogP contribution in [-0.4, -0.2) is 65.8 Å². The number of nitrogens with zero attached hydrogens (tertiary/aromatic N) is 4. The summed E-state index contributed by atoms with van der Waals surface area (Å²) in [5.41, 5.74) is 3.20. The monoisotopic (exact) mass is 479 g/mol. The molecule has 174 valence electrons. The second kappa shape index (κ2) is 8.90. The lowest BCUT2D eigenvalue weighted by Gasteiger charge is -2.12. The summed E-state index contributed by atoms with van der Waals surface area (Å²) in [7, 11) is -0.155. The van der Waals surface area contributed by atoms with Gasteiger partial charge in [-0.3, -0.25) is 14.9 Å². The van der Waals surface area contributed by atoms with Crippen molar-refractivity contribution < 1.29 is 18.0 Å². The number of hydrogen-bond acceptors (Lipinski definition) is 7. The Bertz CT molecular complexity index is 1500. The molecule has 3 amide bonds. The highest BCUT2D eigenvalue weighted by Crippen LogP contribution is 2.27. The number of nitrogens with one attached hydrogen (secondary N) is 3. The highest BCUT2D eigenvalue weighted by atomic mass is 32.2. The van der Waals surface area contributed by atoms with Crippen molar-refractivity contribution >= 4 is 44.1 Å². The number of anilines is 2. The Balaban J connectivity index is 1.60. The van der Waals surface area contributed by atoms with E-state index in [2.05, 4.69) is 30.8 Å². The molecule has 0 aliphatic heterocycles. The maximum absolute atomic E-state index is 12.9. The van der Waals surface area contributed by atoms with Gasteiger partial charge in [0, 0.05) is 37.5 Å². The normalized spacial score (nSPS) is 11.3. The number of carbonyl (C=O) groups is 2. The molecule has 3 aromatic heterocycles. The van der Waals surface area contributed by atoms with E-state index in [4.69, 9.17) is 0 Å². The zero-order valence-corrected chi connectivity index (χ0v) is 19.3. The first-order valence-electron chi connectivity index (χ1n) is 10.0. The van der Waals surface area contributed by atoms with Gasteiger partial charge in [-0.15, -0.1) is 0 Å². The van der Waals surface area contributed by atoms with Crippen LogP contribution < -0.4 is 10.6 Å². The molecule has 1 aromatic carbocycles. The maximum Gasteiger partial charge on any atom is 0.321 e. The molecule has 0 radical (unpaired) electrons. The standard InChI is InChI=1S/C22H21N7O4S/c1-29(2)22(31)26-16-8-14(10-23-11-16)13-4-6-18-17(9-13)20(28-27-18)21(30)25-15-5-7-19(24-12-15)34(3,32)33/h4-12H,1-3H3,(H,25,30)(H,26,31)(H,27,28). The summed E-state index contributed by atoms with van der Waals surface area (Å²) < 4.78 is 23.1. The third-order valence-corrected chi connectivity index (χ3v) is 5.88. The van der Waals surface area contributed by atoms with Crippen LogP contribution in [-0.2, 0) is 9.84 Å². The van der Waals surface area contributed by atoms with E-state index in [0.717, 1.165) is 17.4 Å². The summed E-state index contributed by atoms with van der Waals surface area (Å²) in [6.07, 6.45) is 5.53. The van der Waals surface area contributed by atoms with Gasteiger partial charge in [-0.05, 0) is 35.9 Å². The van der Waals surface area contributed by atoms with Crippen LogP contribution in [0.25, 0.3) is 22.0 Å². The van der Waals surface area contributed by atoms with E-state index in [-0.39, 0.29) is 16.8 Å². The fraction of sp³-hybridized carbons (Fsp3) is 0.136. The molecule has 34 heavy (non-hydrogen) atoms. The lowest BCUT2D eigenvalue weighted by atomic mass is 10.0. The first kappa shape index (κ1) is 22.9. The van der Waals surface area contributed by atoms with Gasteiger partial charge in [0.05, 0.1) is 29.3 Å². The maximum atomic E-state index is 12.9. The van der Waals surface area contributed by atoms with E-state index in [9.17, 15) is 18.0 Å². The first-order chi connectivity index (χ1) is 16.1. The number of fused-ring (bicyclic) bond motifs is 1. The number of aromatic nitrogens is 4. The zero-order valence-electron chi connectivity index (χ0n) is 18.5. The molecule has 0 aliphatic rings. The zero-order chi connectivity index (χ0) is 24.5. The molecular weight excluding hydrogens is 458 g/mol. The average Bonchev–Trinajstić information content (AvgIpc) is 3.22. The van der Waals surface area contributed by atoms with Crippen molar-refractivity contribution in [2.75, 3.05) is 31.0 Å². The van der Waals surface area contributed by atoms with Crippen molar-refractivity contribution in [1.82, 2.24) is 25.1 Å². The molecule has 0 fully saturated rings. The molecule has 0 saturated carbocycles. The van der Waals surface area contributed by atoms with Gasteiger partial charge in [0.25, 0.3) is 5.91 Å². The molecule has 4 rings (SSSR count). The number of benzene rings is 1. The van der Waals surface area contributed by atoms with Crippen LogP contribution >= 0.6 is 0 Å². The smallest absolute Gasteiger partial charge is 0.321 e. The fourth-order valence-electron chi connectivity index (χ4n) is 3.13.